The van der Waals surface area contributed by atoms with Crippen LogP contribution in [0.5, 0.6) is 0 Å². The monoisotopic (exact) mass is 414 g/mol. The van der Waals surface area contributed by atoms with Crippen molar-refractivity contribution in [2.75, 3.05) is 0 Å². The third-order valence-electron chi connectivity index (χ3n) is 11.8. The van der Waals surface area contributed by atoms with Gasteiger partial charge in [-0.3, -0.25) is 4.79 Å². The molecule has 8 atom stereocenters. The molecule has 4 aliphatic carbocycles. The molecule has 0 saturated heterocycles. The Morgan fingerprint density at radius 1 is 0.933 bits per heavy atom. The summed E-state index contributed by atoms with van der Waals surface area (Å²) in [7, 11) is 0. The Hall–Kier alpha value is -0.330. The SMILES string of the molecule is CCC(C)(C)C(=O)CC[C@@H](C)[C@H]1CCC2C3CCC4CCCC[C@]4(C)C3CCC21C. The fourth-order valence-corrected chi connectivity index (χ4v) is 9.37. The van der Waals surface area contributed by atoms with Crippen LogP contribution in [-0.2, 0) is 4.79 Å². The highest BCUT2D eigenvalue weighted by Gasteiger charge is 2.60. The van der Waals surface area contributed by atoms with Crippen molar-refractivity contribution in [3.05, 3.63) is 0 Å². The lowest BCUT2D eigenvalue weighted by atomic mass is 9.44. The van der Waals surface area contributed by atoms with Gasteiger partial charge in [-0.05, 0) is 111 Å². The lowest BCUT2D eigenvalue weighted by Gasteiger charge is -2.61. The van der Waals surface area contributed by atoms with Crippen molar-refractivity contribution in [2.24, 2.45) is 51.8 Å². The minimum atomic E-state index is -0.131. The van der Waals surface area contributed by atoms with E-state index in [1.165, 1.54) is 64.2 Å². The summed E-state index contributed by atoms with van der Waals surface area (Å²) in [5.41, 5.74) is 1.07. The zero-order chi connectivity index (χ0) is 21.7. The van der Waals surface area contributed by atoms with Gasteiger partial charge in [0.15, 0.2) is 0 Å². The summed E-state index contributed by atoms with van der Waals surface area (Å²) in [5.74, 6) is 6.04. The van der Waals surface area contributed by atoms with Crippen LogP contribution in [0.4, 0.5) is 0 Å². The van der Waals surface area contributed by atoms with Gasteiger partial charge in [0.1, 0.15) is 5.78 Å². The van der Waals surface area contributed by atoms with Gasteiger partial charge in [-0.15, -0.1) is 0 Å². The number of hydrogen-bond acceptors (Lipinski definition) is 1. The minimum Gasteiger partial charge on any atom is -0.299 e. The Bertz CT molecular complexity index is 634. The van der Waals surface area contributed by atoms with Crippen LogP contribution < -0.4 is 0 Å². The van der Waals surface area contributed by atoms with Crippen LogP contribution in [0.1, 0.15) is 125 Å². The normalized spacial score (nSPS) is 44.7. The summed E-state index contributed by atoms with van der Waals surface area (Å²) in [6.07, 6.45) is 17.8. The van der Waals surface area contributed by atoms with Crippen molar-refractivity contribution in [2.45, 2.75) is 125 Å². The maximum absolute atomic E-state index is 12.7. The molecular weight excluding hydrogens is 364 g/mol. The van der Waals surface area contributed by atoms with E-state index in [0.717, 1.165) is 48.9 Å². The molecule has 0 aromatic carbocycles. The Morgan fingerprint density at radius 2 is 1.67 bits per heavy atom. The highest BCUT2D eigenvalue weighted by atomic mass is 16.1. The topological polar surface area (TPSA) is 17.1 Å². The molecule has 4 saturated carbocycles. The van der Waals surface area contributed by atoms with Crippen LogP contribution in [0.3, 0.4) is 0 Å². The van der Waals surface area contributed by atoms with Crippen molar-refractivity contribution in [1.82, 2.24) is 0 Å². The van der Waals surface area contributed by atoms with Crippen LogP contribution in [0, 0.1) is 51.8 Å². The second kappa shape index (κ2) is 8.22. The second-order valence-corrected chi connectivity index (χ2v) is 13.3. The molecule has 0 N–H and O–H groups in total. The Kier molecular flexibility index (Phi) is 6.26. The first-order chi connectivity index (χ1) is 14.1. The average Bonchev–Trinajstić information content (AvgIpc) is 3.08. The van der Waals surface area contributed by atoms with Crippen LogP contribution in [-0.4, -0.2) is 5.78 Å². The van der Waals surface area contributed by atoms with E-state index in [9.17, 15) is 4.79 Å². The third kappa shape index (κ3) is 3.63. The number of carbonyl (C=O) groups excluding carboxylic acids is 1. The van der Waals surface area contributed by atoms with Crippen LogP contribution in [0.25, 0.3) is 0 Å². The molecule has 0 radical (unpaired) electrons. The first kappa shape index (κ1) is 22.8. The summed E-state index contributed by atoms with van der Waals surface area (Å²) < 4.78 is 0. The van der Waals surface area contributed by atoms with E-state index in [1.54, 1.807) is 0 Å². The van der Waals surface area contributed by atoms with E-state index in [2.05, 4.69) is 41.5 Å². The molecule has 4 aliphatic rings. The predicted octanol–water partition coefficient (Wildman–Crippen LogP) is 8.46. The number of rotatable bonds is 6. The quantitative estimate of drug-likeness (QED) is 0.426. The molecule has 1 nitrogen and oxygen atoms in total. The van der Waals surface area contributed by atoms with Gasteiger partial charge >= 0.3 is 0 Å². The molecule has 30 heavy (non-hydrogen) atoms. The molecule has 0 amide bonds. The van der Waals surface area contributed by atoms with Gasteiger partial charge < -0.3 is 0 Å². The van der Waals surface area contributed by atoms with Gasteiger partial charge in [0.05, 0.1) is 0 Å². The Morgan fingerprint density at radius 3 is 2.40 bits per heavy atom. The van der Waals surface area contributed by atoms with Gasteiger partial charge in [-0.1, -0.05) is 54.4 Å². The summed E-state index contributed by atoms with van der Waals surface area (Å²) >= 11 is 0. The summed E-state index contributed by atoms with van der Waals surface area (Å²) in [5, 5.41) is 0. The maximum atomic E-state index is 12.7. The molecule has 172 valence electrons. The molecule has 4 rings (SSSR count). The summed E-state index contributed by atoms with van der Waals surface area (Å²) in [6, 6.07) is 0. The van der Waals surface area contributed by atoms with Crippen molar-refractivity contribution < 1.29 is 4.79 Å². The van der Waals surface area contributed by atoms with Crippen molar-refractivity contribution in [3.8, 4) is 0 Å². The number of carbonyl (C=O) groups is 1. The first-order valence-electron chi connectivity index (χ1n) is 13.7. The molecule has 4 fully saturated rings. The van der Waals surface area contributed by atoms with E-state index in [0.29, 0.717) is 22.5 Å². The van der Waals surface area contributed by atoms with Crippen molar-refractivity contribution in [3.63, 3.8) is 0 Å². The Labute approximate surface area is 187 Å². The number of ketones is 1. The molecule has 5 unspecified atom stereocenters. The zero-order valence-electron chi connectivity index (χ0n) is 21.1. The maximum Gasteiger partial charge on any atom is 0.138 e. The van der Waals surface area contributed by atoms with Crippen molar-refractivity contribution >= 4 is 5.78 Å². The number of Topliss-reactive ketones (excluding diaryl/α,β-unsaturated/α-hetero) is 1. The van der Waals surface area contributed by atoms with Gasteiger partial charge in [0.25, 0.3) is 0 Å². The molecule has 0 bridgehead atoms. The first-order valence-corrected chi connectivity index (χ1v) is 13.7. The molecular formula is C29H50O. The highest BCUT2D eigenvalue weighted by molar-refractivity contribution is 5.83. The average molecular weight is 415 g/mol. The standard InChI is InChI=1S/C29H50O/c1-7-27(3,4)26(30)16-11-20(2)23-14-15-24-22-13-12-21-10-8-9-18-28(21,5)25(22)17-19-29(23,24)6/h20-25H,7-19H2,1-6H3/t20-,21?,22?,23-,24?,25?,28+,29?/m1/s1. The smallest absolute Gasteiger partial charge is 0.138 e. The van der Waals surface area contributed by atoms with E-state index < -0.39 is 0 Å². The van der Waals surface area contributed by atoms with Gasteiger partial charge in [0.2, 0.25) is 0 Å². The molecule has 0 heterocycles. The Balaban J connectivity index is 1.44. The highest BCUT2D eigenvalue weighted by Crippen LogP contribution is 2.68. The predicted molar refractivity (Wildman–Crippen MR) is 127 cm³/mol. The lowest BCUT2D eigenvalue weighted by Crippen LogP contribution is -2.53. The van der Waals surface area contributed by atoms with E-state index in [-0.39, 0.29) is 5.41 Å². The van der Waals surface area contributed by atoms with Crippen molar-refractivity contribution in [1.29, 1.82) is 0 Å². The van der Waals surface area contributed by atoms with Crippen LogP contribution >= 0.6 is 0 Å². The largest absolute Gasteiger partial charge is 0.299 e. The molecule has 0 aromatic heterocycles. The van der Waals surface area contributed by atoms with Crippen LogP contribution in [0.15, 0.2) is 0 Å². The van der Waals surface area contributed by atoms with Gasteiger partial charge in [-0.25, -0.2) is 0 Å². The molecule has 0 spiro atoms. The zero-order valence-corrected chi connectivity index (χ0v) is 21.1. The van der Waals surface area contributed by atoms with E-state index in [4.69, 9.17) is 0 Å². The molecule has 1 heteroatoms. The van der Waals surface area contributed by atoms with E-state index in [1.807, 2.05) is 0 Å². The minimum absolute atomic E-state index is 0.131. The van der Waals surface area contributed by atoms with Gasteiger partial charge in [-0.2, -0.15) is 0 Å². The second-order valence-electron chi connectivity index (χ2n) is 13.3. The number of hydrogen-bond donors (Lipinski definition) is 0. The fourth-order valence-electron chi connectivity index (χ4n) is 9.37. The summed E-state index contributed by atoms with van der Waals surface area (Å²) in [6.45, 7) is 14.3. The van der Waals surface area contributed by atoms with Crippen LogP contribution in [0.2, 0.25) is 0 Å². The summed E-state index contributed by atoms with van der Waals surface area (Å²) in [4.78, 5) is 12.7. The molecule has 0 aliphatic heterocycles. The van der Waals surface area contributed by atoms with E-state index >= 15 is 0 Å². The fraction of sp³-hybridized carbons (Fsp3) is 0.966. The molecule has 0 aromatic rings. The third-order valence-corrected chi connectivity index (χ3v) is 11.8. The van der Waals surface area contributed by atoms with Gasteiger partial charge in [0, 0.05) is 11.8 Å². The number of fused-ring (bicyclic) bond motifs is 5. The lowest BCUT2D eigenvalue weighted by molar-refractivity contribution is -0.128.